The van der Waals surface area contributed by atoms with Crippen molar-refractivity contribution >= 4 is 12.0 Å². The van der Waals surface area contributed by atoms with Crippen LogP contribution in [0.2, 0.25) is 0 Å². The average molecular weight is 119 g/mol. The van der Waals surface area contributed by atoms with E-state index in [1.165, 1.54) is 12.0 Å². The zero-order chi connectivity index (χ0) is 5.70. The van der Waals surface area contributed by atoms with Crippen LogP contribution in [0.4, 0.5) is 0 Å². The predicted octanol–water partition coefficient (Wildman–Crippen LogP) is 1.89. The van der Waals surface area contributed by atoms with Gasteiger partial charge in [-0.05, 0) is 19.0 Å². The zero-order valence-electron chi connectivity index (χ0n) is 4.81. The molecular formula is C5H11OS. The molecule has 0 atom stereocenters. The Bertz CT molecular complexity index is 37.1. The largest absolute Gasteiger partial charge is 0.315 e. The van der Waals surface area contributed by atoms with Gasteiger partial charge in [-0.25, -0.2) is 0 Å². The molecule has 43 valence electrons. The summed E-state index contributed by atoms with van der Waals surface area (Å²) in [5.74, 6) is 0. The van der Waals surface area contributed by atoms with E-state index in [9.17, 15) is 0 Å². The van der Waals surface area contributed by atoms with E-state index in [0.717, 1.165) is 0 Å². The van der Waals surface area contributed by atoms with Crippen molar-refractivity contribution in [2.75, 3.05) is 6.61 Å². The Hall–Kier alpha value is 0.310. The predicted molar refractivity (Wildman–Crippen MR) is 34.0 cm³/mol. The van der Waals surface area contributed by atoms with Gasteiger partial charge in [0.25, 0.3) is 0 Å². The van der Waals surface area contributed by atoms with E-state index in [2.05, 4.69) is 20.8 Å². The highest BCUT2D eigenvalue weighted by atomic mass is 32.2. The van der Waals surface area contributed by atoms with Crippen molar-refractivity contribution in [2.45, 2.75) is 19.1 Å². The Morgan fingerprint density at radius 1 is 1.71 bits per heavy atom. The molecule has 0 bridgehead atoms. The summed E-state index contributed by atoms with van der Waals surface area (Å²) in [4.78, 5) is 0. The van der Waals surface area contributed by atoms with E-state index in [1.807, 2.05) is 0 Å². The summed E-state index contributed by atoms with van der Waals surface area (Å²) < 4.78 is 4.90. The van der Waals surface area contributed by atoms with Gasteiger partial charge in [-0.2, -0.15) is 0 Å². The van der Waals surface area contributed by atoms with Crippen molar-refractivity contribution < 1.29 is 4.18 Å². The Morgan fingerprint density at radius 2 is 2.29 bits per heavy atom. The topological polar surface area (TPSA) is 9.23 Å². The molecule has 0 saturated carbocycles. The molecule has 0 N–H and O–H groups in total. The monoisotopic (exact) mass is 119 g/mol. The lowest BCUT2D eigenvalue weighted by atomic mass is 10.6. The SMILES string of the molecule is [CH2]COSC(C)C. The maximum absolute atomic E-state index is 4.90. The fourth-order valence-corrected chi connectivity index (χ4v) is 0.553. The van der Waals surface area contributed by atoms with Crippen molar-refractivity contribution in [1.82, 2.24) is 0 Å². The summed E-state index contributed by atoms with van der Waals surface area (Å²) in [6, 6.07) is 0. The first-order valence-electron chi connectivity index (χ1n) is 2.35. The quantitative estimate of drug-likeness (QED) is 0.525. The summed E-state index contributed by atoms with van der Waals surface area (Å²) >= 11 is 1.47. The third-order valence-electron chi connectivity index (χ3n) is 0.344. The van der Waals surface area contributed by atoms with Gasteiger partial charge in [0.2, 0.25) is 0 Å². The maximum Gasteiger partial charge on any atom is 0.0614 e. The Labute approximate surface area is 49.6 Å². The van der Waals surface area contributed by atoms with Gasteiger partial charge in [0.05, 0.1) is 6.61 Å². The van der Waals surface area contributed by atoms with Crippen LogP contribution in [0.1, 0.15) is 13.8 Å². The fraction of sp³-hybridized carbons (Fsp3) is 0.800. The Kier molecular flexibility index (Phi) is 4.67. The minimum Gasteiger partial charge on any atom is -0.315 e. The van der Waals surface area contributed by atoms with Gasteiger partial charge in [0.15, 0.2) is 0 Å². The van der Waals surface area contributed by atoms with Crippen LogP contribution >= 0.6 is 12.0 Å². The van der Waals surface area contributed by atoms with Gasteiger partial charge in [-0.3, -0.25) is 0 Å². The lowest BCUT2D eigenvalue weighted by Crippen LogP contribution is -1.88. The van der Waals surface area contributed by atoms with Crippen molar-refractivity contribution in [3.05, 3.63) is 6.92 Å². The second kappa shape index (κ2) is 4.47. The first-order valence-corrected chi connectivity index (χ1v) is 3.15. The molecule has 0 fully saturated rings. The van der Waals surface area contributed by atoms with Crippen LogP contribution in [0.3, 0.4) is 0 Å². The van der Waals surface area contributed by atoms with Crippen molar-refractivity contribution in [3.63, 3.8) is 0 Å². The van der Waals surface area contributed by atoms with Gasteiger partial charge in [0.1, 0.15) is 0 Å². The standard InChI is InChI=1S/C5H11OS/c1-4-6-7-5(2)3/h5H,1,4H2,2-3H3. The molecule has 1 radical (unpaired) electrons. The molecule has 7 heavy (non-hydrogen) atoms. The van der Waals surface area contributed by atoms with Gasteiger partial charge in [-0.15, -0.1) is 0 Å². The fourth-order valence-electron chi connectivity index (χ4n) is 0.184. The molecule has 0 aliphatic rings. The van der Waals surface area contributed by atoms with Gasteiger partial charge >= 0.3 is 0 Å². The highest BCUT2D eigenvalue weighted by Crippen LogP contribution is 2.08. The smallest absolute Gasteiger partial charge is 0.0614 e. The van der Waals surface area contributed by atoms with Gasteiger partial charge in [-0.1, -0.05) is 13.8 Å². The highest BCUT2D eigenvalue weighted by molar-refractivity contribution is 7.95. The van der Waals surface area contributed by atoms with Crippen LogP contribution in [0, 0.1) is 6.92 Å². The van der Waals surface area contributed by atoms with E-state index in [0.29, 0.717) is 11.9 Å². The molecule has 2 heteroatoms. The second-order valence-corrected chi connectivity index (χ2v) is 2.84. The van der Waals surface area contributed by atoms with Crippen molar-refractivity contribution in [3.8, 4) is 0 Å². The van der Waals surface area contributed by atoms with Crippen LogP contribution in [-0.4, -0.2) is 11.9 Å². The summed E-state index contributed by atoms with van der Waals surface area (Å²) in [6.45, 7) is 8.24. The molecule has 0 aromatic carbocycles. The molecular weight excluding hydrogens is 108 g/mol. The Morgan fingerprint density at radius 3 is 2.43 bits per heavy atom. The van der Waals surface area contributed by atoms with E-state index in [1.54, 1.807) is 0 Å². The summed E-state index contributed by atoms with van der Waals surface area (Å²) in [5, 5.41) is 0.557. The number of rotatable bonds is 3. The molecule has 0 aliphatic carbocycles. The van der Waals surface area contributed by atoms with E-state index < -0.39 is 0 Å². The van der Waals surface area contributed by atoms with Gasteiger partial charge in [0, 0.05) is 5.25 Å². The molecule has 0 aliphatic heterocycles. The molecule has 0 aromatic heterocycles. The molecule has 0 saturated heterocycles. The summed E-state index contributed by atoms with van der Waals surface area (Å²) in [7, 11) is 0. The molecule has 0 spiro atoms. The van der Waals surface area contributed by atoms with E-state index >= 15 is 0 Å². The molecule has 1 nitrogen and oxygen atoms in total. The summed E-state index contributed by atoms with van der Waals surface area (Å²) in [6.07, 6.45) is 0. The third-order valence-corrected chi connectivity index (χ3v) is 1.03. The van der Waals surface area contributed by atoms with Crippen LogP contribution in [0.25, 0.3) is 0 Å². The second-order valence-electron chi connectivity index (χ2n) is 1.47. The molecule has 0 amide bonds. The third kappa shape index (κ3) is 6.31. The number of hydrogen-bond donors (Lipinski definition) is 0. The summed E-state index contributed by atoms with van der Waals surface area (Å²) in [5.41, 5.74) is 0. The lowest BCUT2D eigenvalue weighted by molar-refractivity contribution is 0.423. The van der Waals surface area contributed by atoms with E-state index in [4.69, 9.17) is 4.18 Å². The molecule has 0 aromatic rings. The maximum atomic E-state index is 4.90. The normalized spacial score (nSPS) is 10.3. The first kappa shape index (κ1) is 7.31. The first-order chi connectivity index (χ1) is 3.27. The minimum atomic E-state index is 0.557. The van der Waals surface area contributed by atoms with Crippen molar-refractivity contribution in [1.29, 1.82) is 0 Å². The van der Waals surface area contributed by atoms with Crippen LogP contribution in [0.15, 0.2) is 0 Å². The number of hydrogen-bond acceptors (Lipinski definition) is 2. The van der Waals surface area contributed by atoms with Crippen LogP contribution < -0.4 is 0 Å². The Balaban J connectivity index is 2.68. The van der Waals surface area contributed by atoms with Crippen LogP contribution in [0.5, 0.6) is 0 Å². The lowest BCUT2D eigenvalue weighted by Gasteiger charge is -1.99. The van der Waals surface area contributed by atoms with Crippen molar-refractivity contribution in [2.24, 2.45) is 0 Å². The molecule has 0 heterocycles. The van der Waals surface area contributed by atoms with Crippen LogP contribution in [-0.2, 0) is 4.18 Å². The zero-order valence-corrected chi connectivity index (χ0v) is 5.62. The highest BCUT2D eigenvalue weighted by Gasteiger charge is 1.89. The van der Waals surface area contributed by atoms with E-state index in [-0.39, 0.29) is 0 Å². The van der Waals surface area contributed by atoms with Gasteiger partial charge < -0.3 is 4.18 Å². The molecule has 0 rings (SSSR count). The average Bonchev–Trinajstić information content (AvgIpc) is 1.61. The minimum absolute atomic E-state index is 0.557. The molecule has 0 unspecified atom stereocenters.